The van der Waals surface area contributed by atoms with E-state index in [0.717, 1.165) is 93.5 Å². The zero-order valence-corrected chi connectivity index (χ0v) is 45.2. The topological polar surface area (TPSA) is 127 Å². The third kappa shape index (κ3) is 22.5. The molecule has 74 heavy (non-hydrogen) atoms. The fourth-order valence-electron chi connectivity index (χ4n) is 8.25. The number of fused-ring (bicyclic) bond motifs is 1. The molecule has 0 saturated carbocycles. The number of unbranched alkanes of at least 4 members (excludes halogenated alkanes) is 1. The number of halogens is 1. The van der Waals surface area contributed by atoms with Crippen LogP contribution in [0, 0.1) is 0 Å². The van der Waals surface area contributed by atoms with Gasteiger partial charge in [0.05, 0.1) is 11.9 Å². The maximum Gasteiger partial charge on any atom is 0.242 e. The van der Waals surface area contributed by atoms with Crippen molar-refractivity contribution in [1.29, 1.82) is 0 Å². The Kier molecular flexibility index (Phi) is 26.2. The van der Waals surface area contributed by atoms with Crippen molar-refractivity contribution in [1.82, 2.24) is 37.2 Å². The summed E-state index contributed by atoms with van der Waals surface area (Å²) in [7, 11) is 0. The molecule has 5 atom stereocenters. The average molecular weight is 1000 g/mol. The summed E-state index contributed by atoms with van der Waals surface area (Å²) in [6.07, 6.45) is 14.3. The molecule has 3 aromatic rings. The Labute approximate surface area is 444 Å². The van der Waals surface area contributed by atoms with Gasteiger partial charge in [0.1, 0.15) is 11.9 Å². The molecule has 0 aromatic heterocycles. The standard InChI is InChI=1S/C64H87FN8O/c1-16-22-57(39-46(9)65)51(14)70-61(45(7)8)36-28-48(11)69-62(49(12)66)37-27-47(10)68-42-53-29-32-55(33-30-53)50(13)71-63(41-54-31-34-56-23-18-19-24-58(56)40-54)64(74)67-38-21-20-25-60(44(5)6)73-52(15)72-59(17-2)35-26-43(3)4/h16-19,22-24,29-34,39-40,59-63,68-73H,2-3,5,7,9-15,20-21,25-28,35-38,41-42,66H2,1,4,6,8H3,(H,67,74)/b22-16-,57-39+. The van der Waals surface area contributed by atoms with Crippen LogP contribution >= 0.6 is 0 Å². The maximum atomic E-state index is 14.0. The van der Waals surface area contributed by atoms with E-state index in [1.165, 1.54) is 6.08 Å². The number of carbonyl (C=O) groups excluding carboxylic acids is 1. The van der Waals surface area contributed by atoms with Crippen LogP contribution in [0.3, 0.4) is 0 Å². The number of allylic oxidation sites excluding steroid dienone is 7. The van der Waals surface area contributed by atoms with E-state index in [4.69, 9.17) is 5.73 Å². The number of amides is 1. The molecule has 3 rings (SSSR count). The second kappa shape index (κ2) is 31.9. The summed E-state index contributed by atoms with van der Waals surface area (Å²) in [6.45, 7) is 53.9. The zero-order valence-electron chi connectivity index (χ0n) is 45.2. The molecule has 1 amide bonds. The molecule has 0 radical (unpaired) electrons. The molecular formula is C64H87FN8O. The van der Waals surface area contributed by atoms with E-state index in [1.807, 2.05) is 64.1 Å². The van der Waals surface area contributed by atoms with Crippen molar-refractivity contribution >= 4 is 22.4 Å². The fraction of sp³-hybridized carbons (Fsp3) is 0.328. The summed E-state index contributed by atoms with van der Waals surface area (Å²) in [5, 5.41) is 26.2. The van der Waals surface area contributed by atoms with Gasteiger partial charge in [-0.3, -0.25) is 4.79 Å². The van der Waals surface area contributed by atoms with E-state index in [9.17, 15) is 9.18 Å². The van der Waals surface area contributed by atoms with Crippen molar-refractivity contribution in [2.75, 3.05) is 6.54 Å². The van der Waals surface area contributed by atoms with Gasteiger partial charge in [-0.2, -0.15) is 0 Å². The van der Waals surface area contributed by atoms with Crippen LogP contribution in [0.2, 0.25) is 0 Å². The van der Waals surface area contributed by atoms with E-state index in [1.54, 1.807) is 6.08 Å². The Hall–Kier alpha value is -7.46. The van der Waals surface area contributed by atoms with Crippen LogP contribution < -0.4 is 43.0 Å². The minimum atomic E-state index is -0.555. The maximum absolute atomic E-state index is 14.0. The minimum Gasteiger partial charge on any atom is -0.401 e. The predicted molar refractivity (Wildman–Crippen MR) is 317 cm³/mol. The van der Waals surface area contributed by atoms with Crippen LogP contribution in [-0.2, 0) is 17.8 Å². The van der Waals surface area contributed by atoms with Gasteiger partial charge in [0.2, 0.25) is 5.91 Å². The van der Waals surface area contributed by atoms with E-state index in [2.05, 4.69) is 152 Å². The minimum absolute atomic E-state index is 0.0433. The highest BCUT2D eigenvalue weighted by atomic mass is 19.1. The number of hydrogen-bond acceptors (Lipinski definition) is 8. The first-order valence-corrected chi connectivity index (χ1v) is 25.7. The van der Waals surface area contributed by atoms with Crippen molar-refractivity contribution in [2.24, 2.45) is 5.73 Å². The van der Waals surface area contributed by atoms with Crippen molar-refractivity contribution in [3.8, 4) is 0 Å². The Morgan fingerprint density at radius 2 is 1.30 bits per heavy atom. The number of rotatable bonds is 38. The van der Waals surface area contributed by atoms with E-state index in [-0.39, 0.29) is 30.1 Å². The number of nitrogens with two attached hydrogens (primary N) is 1. The van der Waals surface area contributed by atoms with Gasteiger partial charge >= 0.3 is 0 Å². The number of hydrogen-bond donors (Lipinski definition) is 8. The summed E-state index contributed by atoms with van der Waals surface area (Å²) in [5.41, 5.74) is 16.4. The van der Waals surface area contributed by atoms with Gasteiger partial charge in [-0.1, -0.05) is 161 Å². The first kappa shape index (κ1) is 60.8. The highest BCUT2D eigenvalue weighted by molar-refractivity contribution is 5.85. The van der Waals surface area contributed by atoms with Crippen molar-refractivity contribution in [2.45, 2.75) is 129 Å². The van der Waals surface area contributed by atoms with Gasteiger partial charge in [-0.25, -0.2) is 4.39 Å². The van der Waals surface area contributed by atoms with Crippen molar-refractivity contribution in [3.05, 3.63) is 237 Å². The molecular weight excluding hydrogens is 916 g/mol. The van der Waals surface area contributed by atoms with Crippen LogP contribution in [0.15, 0.2) is 220 Å². The van der Waals surface area contributed by atoms with Crippen LogP contribution in [0.1, 0.15) is 102 Å². The largest absolute Gasteiger partial charge is 0.401 e. The predicted octanol–water partition coefficient (Wildman–Crippen LogP) is 12.9. The molecule has 396 valence electrons. The lowest BCUT2D eigenvalue weighted by Crippen LogP contribution is -2.45. The van der Waals surface area contributed by atoms with Gasteiger partial charge in [-0.05, 0) is 125 Å². The molecule has 3 aromatic carbocycles. The Morgan fingerprint density at radius 3 is 1.92 bits per heavy atom. The fourth-order valence-corrected chi connectivity index (χ4v) is 8.25. The molecule has 0 aliphatic carbocycles. The number of benzene rings is 3. The van der Waals surface area contributed by atoms with Crippen molar-refractivity contribution in [3.63, 3.8) is 0 Å². The molecule has 5 unspecified atom stereocenters. The lowest BCUT2D eigenvalue weighted by molar-refractivity contribution is -0.122. The second-order valence-electron chi connectivity index (χ2n) is 19.5. The molecule has 0 spiro atoms. The third-order valence-corrected chi connectivity index (χ3v) is 12.7. The van der Waals surface area contributed by atoms with Crippen LogP contribution in [-0.4, -0.2) is 42.7 Å². The third-order valence-electron chi connectivity index (χ3n) is 12.7. The summed E-state index contributed by atoms with van der Waals surface area (Å²) >= 11 is 0. The Morgan fingerprint density at radius 1 is 0.662 bits per heavy atom. The SMILES string of the molecule is C=CC(CCC(=C)C)NC(=C)NC(CCCCNC(=O)C(Cc1ccc2ccccc2c1)NC(=C)c1ccc(CNC(=C)CCC(NC(=C)CCC(NC(=C)C(/C=C\C)=C/C(=C)F)C(=C)C)C(=C)N)cc1)C(=C)C. The second-order valence-corrected chi connectivity index (χ2v) is 19.5. The lowest BCUT2D eigenvalue weighted by atomic mass is 10.00. The van der Waals surface area contributed by atoms with E-state index in [0.29, 0.717) is 67.9 Å². The molecule has 0 aliphatic rings. The van der Waals surface area contributed by atoms with Crippen LogP contribution in [0.25, 0.3) is 16.5 Å². The first-order valence-electron chi connectivity index (χ1n) is 25.7. The Balaban J connectivity index is 1.55. The van der Waals surface area contributed by atoms with Gasteiger partial charge in [-0.15, -0.1) is 13.2 Å². The summed E-state index contributed by atoms with van der Waals surface area (Å²) in [6, 6.07) is 22.0. The highest BCUT2D eigenvalue weighted by Crippen LogP contribution is 2.21. The zero-order chi connectivity index (χ0) is 54.7. The van der Waals surface area contributed by atoms with E-state index >= 15 is 0 Å². The molecule has 9 nitrogen and oxygen atoms in total. The number of carbonyl (C=O) groups is 1. The van der Waals surface area contributed by atoms with Gasteiger partial charge in [0.15, 0.2) is 0 Å². The smallest absolute Gasteiger partial charge is 0.242 e. The quantitative estimate of drug-likeness (QED) is 0.0162. The molecule has 0 bridgehead atoms. The van der Waals surface area contributed by atoms with E-state index < -0.39 is 11.9 Å². The molecule has 9 N–H and O–H groups in total. The summed E-state index contributed by atoms with van der Waals surface area (Å²) < 4.78 is 13.6. The number of nitrogens with one attached hydrogen (secondary N) is 7. The monoisotopic (exact) mass is 1000 g/mol. The van der Waals surface area contributed by atoms with Crippen molar-refractivity contribution < 1.29 is 9.18 Å². The highest BCUT2D eigenvalue weighted by Gasteiger charge is 2.21. The van der Waals surface area contributed by atoms with Gasteiger partial charge in [0.25, 0.3) is 0 Å². The van der Waals surface area contributed by atoms with Crippen LogP contribution in [0.5, 0.6) is 0 Å². The van der Waals surface area contributed by atoms with Gasteiger partial charge < -0.3 is 43.0 Å². The molecule has 10 heteroatoms. The molecule has 0 saturated heterocycles. The van der Waals surface area contributed by atoms with Gasteiger partial charge in [0, 0.05) is 66.1 Å². The van der Waals surface area contributed by atoms with Crippen LogP contribution in [0.4, 0.5) is 4.39 Å². The Bertz CT molecular complexity index is 2560. The summed E-state index contributed by atoms with van der Waals surface area (Å²) in [5.74, 6) is 0.106. The molecule has 0 aliphatic heterocycles. The molecule has 0 fully saturated rings. The lowest BCUT2D eigenvalue weighted by Gasteiger charge is -2.25. The average Bonchev–Trinajstić information content (AvgIpc) is 3.35. The first-order chi connectivity index (χ1) is 35.2. The normalized spacial score (nSPS) is 13.2. The molecule has 0 heterocycles. The summed E-state index contributed by atoms with van der Waals surface area (Å²) in [4.78, 5) is 14.0.